The maximum atomic E-state index is 10.8. The lowest BCUT2D eigenvalue weighted by Gasteiger charge is -2.26. The summed E-state index contributed by atoms with van der Waals surface area (Å²) >= 11 is 0. The van der Waals surface area contributed by atoms with Gasteiger partial charge in [0.1, 0.15) is 18.5 Å². The average molecular weight is 417 g/mol. The Kier molecular flexibility index (Phi) is 5.95. The van der Waals surface area contributed by atoms with Crippen molar-refractivity contribution in [1.82, 2.24) is 20.7 Å². The predicted octanol–water partition coefficient (Wildman–Crippen LogP) is 2.82. The molecule has 31 heavy (non-hydrogen) atoms. The number of ether oxygens (including phenoxy) is 1. The fourth-order valence-electron chi connectivity index (χ4n) is 4.59. The van der Waals surface area contributed by atoms with Crippen molar-refractivity contribution in [3.8, 4) is 5.75 Å². The van der Waals surface area contributed by atoms with Crippen LogP contribution in [0.1, 0.15) is 34.4 Å². The van der Waals surface area contributed by atoms with Crippen LogP contribution in [0.5, 0.6) is 5.75 Å². The summed E-state index contributed by atoms with van der Waals surface area (Å²) in [7, 11) is 0. The fraction of sp³-hybridized carbons (Fsp3) is 0.320. The van der Waals surface area contributed by atoms with E-state index in [0.717, 1.165) is 48.6 Å². The molecule has 2 aliphatic rings. The molecule has 1 fully saturated rings. The van der Waals surface area contributed by atoms with Crippen LogP contribution < -0.4 is 15.6 Å². The lowest BCUT2D eigenvalue weighted by atomic mass is 9.94. The van der Waals surface area contributed by atoms with Crippen LogP contribution in [-0.2, 0) is 6.54 Å². The molecule has 0 spiro atoms. The van der Waals surface area contributed by atoms with Gasteiger partial charge < -0.3 is 9.84 Å². The molecule has 160 valence electrons. The number of aliphatic hydroxyl groups is 1. The van der Waals surface area contributed by atoms with E-state index >= 15 is 0 Å². The highest BCUT2D eigenvalue weighted by Gasteiger charge is 2.30. The number of hydrogen-bond donors (Lipinski definition) is 3. The summed E-state index contributed by atoms with van der Waals surface area (Å²) in [5.74, 6) is 1.38. The second-order valence-electron chi connectivity index (χ2n) is 8.31. The molecule has 1 aromatic heterocycles. The van der Waals surface area contributed by atoms with Crippen molar-refractivity contribution in [2.75, 3.05) is 26.2 Å². The first-order valence-corrected chi connectivity index (χ1v) is 10.9. The van der Waals surface area contributed by atoms with Gasteiger partial charge in [-0.1, -0.05) is 36.4 Å². The number of aromatic nitrogens is 1. The number of fused-ring (bicyclic) bond motifs is 1. The van der Waals surface area contributed by atoms with Crippen molar-refractivity contribution in [2.45, 2.75) is 18.7 Å². The molecule has 3 atom stereocenters. The van der Waals surface area contributed by atoms with Crippen molar-refractivity contribution < 1.29 is 9.84 Å². The van der Waals surface area contributed by atoms with Crippen LogP contribution in [0.2, 0.25) is 0 Å². The second kappa shape index (κ2) is 9.16. The Morgan fingerprint density at radius 3 is 2.74 bits per heavy atom. The van der Waals surface area contributed by atoms with E-state index in [-0.39, 0.29) is 0 Å². The van der Waals surface area contributed by atoms with Crippen LogP contribution in [0.3, 0.4) is 0 Å². The molecule has 0 bridgehead atoms. The molecule has 5 rings (SSSR count). The molecule has 0 aliphatic carbocycles. The summed E-state index contributed by atoms with van der Waals surface area (Å²) in [6.07, 6.45) is 2.75. The largest absolute Gasteiger partial charge is 0.492 e. The summed E-state index contributed by atoms with van der Waals surface area (Å²) in [5, 5.41) is 10.8. The number of benzene rings is 2. The first-order valence-electron chi connectivity index (χ1n) is 10.9. The van der Waals surface area contributed by atoms with Gasteiger partial charge in [-0.25, -0.2) is 5.43 Å². The Balaban J connectivity index is 1.32. The Bertz CT molecular complexity index is 999. The van der Waals surface area contributed by atoms with Gasteiger partial charge in [0.25, 0.3) is 0 Å². The maximum Gasteiger partial charge on any atom is 0.123 e. The SMILES string of the molecule is OC(c1ccncc1)c1ccc2c(c1)CN(CC1CNNC1c1ccccc1)CCO2. The summed E-state index contributed by atoms with van der Waals surface area (Å²) in [6, 6.07) is 20.6. The van der Waals surface area contributed by atoms with Gasteiger partial charge in [-0.05, 0) is 41.0 Å². The second-order valence-corrected chi connectivity index (χ2v) is 8.31. The third-order valence-corrected chi connectivity index (χ3v) is 6.23. The zero-order valence-electron chi connectivity index (χ0n) is 17.4. The van der Waals surface area contributed by atoms with E-state index < -0.39 is 6.10 Å². The highest BCUT2D eigenvalue weighted by Crippen LogP contribution is 2.31. The minimum Gasteiger partial charge on any atom is -0.492 e. The zero-order valence-corrected chi connectivity index (χ0v) is 17.4. The van der Waals surface area contributed by atoms with Crippen molar-refractivity contribution >= 4 is 0 Å². The van der Waals surface area contributed by atoms with Crippen LogP contribution in [0.15, 0.2) is 73.1 Å². The molecule has 3 aromatic rings. The van der Waals surface area contributed by atoms with Gasteiger partial charge in [0.2, 0.25) is 0 Å². The molecule has 3 unspecified atom stereocenters. The lowest BCUT2D eigenvalue weighted by molar-refractivity contribution is 0.195. The Morgan fingerprint density at radius 2 is 1.90 bits per heavy atom. The maximum absolute atomic E-state index is 10.8. The van der Waals surface area contributed by atoms with Gasteiger partial charge in [0.15, 0.2) is 0 Å². The first-order chi connectivity index (χ1) is 15.3. The highest BCUT2D eigenvalue weighted by atomic mass is 16.5. The van der Waals surface area contributed by atoms with E-state index in [2.05, 4.69) is 57.1 Å². The van der Waals surface area contributed by atoms with Gasteiger partial charge in [-0.2, -0.15) is 0 Å². The van der Waals surface area contributed by atoms with Gasteiger partial charge in [0, 0.05) is 50.1 Å². The number of pyridine rings is 1. The van der Waals surface area contributed by atoms with Crippen LogP contribution in [0.25, 0.3) is 0 Å². The highest BCUT2D eigenvalue weighted by molar-refractivity contribution is 5.41. The van der Waals surface area contributed by atoms with E-state index in [1.807, 2.05) is 24.3 Å². The molecule has 3 heterocycles. The molecule has 0 amide bonds. The first kappa shape index (κ1) is 20.2. The molecule has 1 saturated heterocycles. The smallest absolute Gasteiger partial charge is 0.123 e. The molecule has 3 N–H and O–H groups in total. The number of nitrogens with zero attached hydrogens (tertiary/aromatic N) is 2. The normalized spacial score (nSPS) is 22.4. The van der Waals surface area contributed by atoms with E-state index in [0.29, 0.717) is 18.6 Å². The number of hydrazine groups is 1. The fourth-order valence-corrected chi connectivity index (χ4v) is 4.59. The summed E-state index contributed by atoms with van der Waals surface area (Å²) in [4.78, 5) is 6.50. The predicted molar refractivity (Wildman–Crippen MR) is 119 cm³/mol. The topological polar surface area (TPSA) is 69.7 Å². The van der Waals surface area contributed by atoms with Crippen molar-refractivity contribution in [3.05, 3.63) is 95.3 Å². The van der Waals surface area contributed by atoms with Crippen LogP contribution >= 0.6 is 0 Å². The molecular weight excluding hydrogens is 388 g/mol. The third kappa shape index (κ3) is 4.48. The van der Waals surface area contributed by atoms with Crippen LogP contribution in [0, 0.1) is 5.92 Å². The molecule has 0 saturated carbocycles. The molecular formula is C25H28N4O2. The number of hydrogen-bond acceptors (Lipinski definition) is 6. The minimum atomic E-state index is -0.671. The van der Waals surface area contributed by atoms with E-state index in [4.69, 9.17) is 4.74 Å². The molecule has 2 aliphatic heterocycles. The van der Waals surface area contributed by atoms with Gasteiger partial charge in [0.05, 0.1) is 6.04 Å². The summed E-state index contributed by atoms with van der Waals surface area (Å²) < 4.78 is 6.03. The quantitative estimate of drug-likeness (QED) is 0.594. The Labute approximate surface area is 182 Å². The van der Waals surface area contributed by atoms with Crippen molar-refractivity contribution in [2.24, 2.45) is 5.92 Å². The standard InChI is InChI=1S/C25H28N4O2/c30-25(19-8-10-26-11-9-19)20-6-7-23-21(14-20)16-29(12-13-31-23)17-22-15-27-28-24(22)18-4-2-1-3-5-18/h1-11,14,22,24-25,27-28,30H,12-13,15-17H2. The van der Waals surface area contributed by atoms with Crippen molar-refractivity contribution in [3.63, 3.8) is 0 Å². The number of rotatable bonds is 5. The van der Waals surface area contributed by atoms with Gasteiger partial charge in [-0.3, -0.25) is 15.3 Å². The molecule has 2 aromatic carbocycles. The monoisotopic (exact) mass is 416 g/mol. The van der Waals surface area contributed by atoms with E-state index in [1.165, 1.54) is 5.56 Å². The average Bonchev–Trinajstić information content (AvgIpc) is 3.18. The lowest BCUT2D eigenvalue weighted by Crippen LogP contribution is -2.34. The Hall–Kier alpha value is -2.77. The Morgan fingerprint density at radius 1 is 1.06 bits per heavy atom. The number of nitrogens with one attached hydrogen (secondary N) is 2. The molecule has 0 radical (unpaired) electrons. The summed E-state index contributed by atoms with van der Waals surface area (Å²) in [5.41, 5.74) is 10.9. The molecule has 6 nitrogen and oxygen atoms in total. The van der Waals surface area contributed by atoms with E-state index in [1.54, 1.807) is 12.4 Å². The van der Waals surface area contributed by atoms with E-state index in [9.17, 15) is 5.11 Å². The van der Waals surface area contributed by atoms with Crippen LogP contribution in [-0.4, -0.2) is 41.2 Å². The zero-order chi connectivity index (χ0) is 21.0. The summed E-state index contributed by atoms with van der Waals surface area (Å²) in [6.45, 7) is 4.27. The number of aliphatic hydroxyl groups excluding tert-OH is 1. The van der Waals surface area contributed by atoms with Crippen LogP contribution in [0.4, 0.5) is 0 Å². The minimum absolute atomic E-state index is 0.296. The van der Waals surface area contributed by atoms with Gasteiger partial charge >= 0.3 is 0 Å². The van der Waals surface area contributed by atoms with Gasteiger partial charge in [-0.15, -0.1) is 0 Å². The molecule has 6 heteroatoms. The van der Waals surface area contributed by atoms with Crippen molar-refractivity contribution in [1.29, 1.82) is 0 Å². The third-order valence-electron chi connectivity index (χ3n) is 6.23.